The molecule has 3 fully saturated rings. The summed E-state index contributed by atoms with van der Waals surface area (Å²) in [7, 11) is 1.08. The molecule has 0 unspecified atom stereocenters. The number of fused-ring (bicyclic) bond motifs is 2. The third kappa shape index (κ3) is 4.46. The lowest BCUT2D eigenvalue weighted by atomic mass is 9.90. The summed E-state index contributed by atoms with van der Waals surface area (Å²) in [4.78, 5) is 28.5. The first-order valence-corrected chi connectivity index (χ1v) is 14.5. The molecule has 36 heavy (non-hydrogen) atoms. The minimum atomic E-state index is 0.0498. The Hall–Kier alpha value is -2.70. The first-order chi connectivity index (χ1) is 17.6. The second-order valence-electron chi connectivity index (χ2n) is 10.2. The van der Waals surface area contributed by atoms with Gasteiger partial charge in [0.2, 0.25) is 5.91 Å². The summed E-state index contributed by atoms with van der Waals surface area (Å²) in [6.45, 7) is 12.0. The van der Waals surface area contributed by atoms with E-state index in [-0.39, 0.29) is 5.91 Å². The molecule has 0 saturated carbocycles. The van der Waals surface area contributed by atoms with Crippen LogP contribution in [0.5, 0.6) is 5.75 Å². The molecule has 1 N–H and O–H groups in total. The molecule has 4 aliphatic rings. The zero-order valence-corrected chi connectivity index (χ0v) is 22.0. The number of pyridine rings is 2. The summed E-state index contributed by atoms with van der Waals surface area (Å²) in [5.74, 6) is 2.19. The van der Waals surface area contributed by atoms with Crippen LogP contribution in [0.2, 0.25) is 0 Å². The van der Waals surface area contributed by atoms with Crippen molar-refractivity contribution in [3.05, 3.63) is 47.9 Å². The number of hydrogen-bond acceptors (Lipinski definition) is 7. The molecule has 0 aromatic carbocycles. The smallest absolute Gasteiger partial charge is 0.245 e. The van der Waals surface area contributed by atoms with Crippen molar-refractivity contribution in [2.75, 3.05) is 61.8 Å². The van der Waals surface area contributed by atoms with E-state index in [2.05, 4.69) is 33.8 Å². The van der Waals surface area contributed by atoms with Gasteiger partial charge in [-0.15, -0.1) is 8.58 Å². The van der Waals surface area contributed by atoms with Crippen molar-refractivity contribution in [2.24, 2.45) is 0 Å². The molecule has 6 heterocycles. The molecule has 2 aromatic heterocycles. The van der Waals surface area contributed by atoms with Crippen molar-refractivity contribution >= 4 is 31.7 Å². The van der Waals surface area contributed by atoms with Crippen LogP contribution in [0, 0.1) is 6.92 Å². The van der Waals surface area contributed by atoms with E-state index >= 15 is 0 Å². The highest BCUT2D eigenvalue weighted by Crippen LogP contribution is 2.41. The highest BCUT2D eigenvalue weighted by atomic mass is 31.1. The van der Waals surface area contributed by atoms with Crippen molar-refractivity contribution in [3.8, 4) is 5.75 Å². The number of carbonyl (C=O) groups excluding carboxylic acids is 1. The van der Waals surface area contributed by atoms with E-state index in [1.54, 1.807) is 0 Å². The Labute approximate surface area is 214 Å². The molecule has 0 spiro atoms. The van der Waals surface area contributed by atoms with Crippen LogP contribution in [0.1, 0.15) is 35.7 Å². The number of carbonyl (C=O) groups is 1. The Morgan fingerprint density at radius 1 is 1.22 bits per heavy atom. The van der Waals surface area contributed by atoms with E-state index in [0.717, 1.165) is 94.9 Å². The van der Waals surface area contributed by atoms with Crippen LogP contribution >= 0.6 is 8.58 Å². The number of likely N-dealkylation sites (tertiary alicyclic amines) is 2. The predicted octanol–water partition coefficient (Wildman–Crippen LogP) is 3.50. The second kappa shape index (κ2) is 9.98. The lowest BCUT2D eigenvalue weighted by Gasteiger charge is -2.47. The van der Waals surface area contributed by atoms with Gasteiger partial charge in [0, 0.05) is 68.8 Å². The number of anilines is 3. The maximum atomic E-state index is 11.9. The average Bonchev–Trinajstić information content (AvgIpc) is 3.08. The van der Waals surface area contributed by atoms with Crippen LogP contribution in [0.15, 0.2) is 31.0 Å². The van der Waals surface area contributed by atoms with E-state index in [1.807, 2.05) is 18.0 Å². The van der Waals surface area contributed by atoms with Crippen LogP contribution in [-0.4, -0.2) is 83.3 Å². The van der Waals surface area contributed by atoms with Crippen molar-refractivity contribution in [1.82, 2.24) is 19.8 Å². The molecule has 0 bridgehead atoms. The topological polar surface area (TPSA) is 73.8 Å². The molecule has 0 aliphatic carbocycles. The summed E-state index contributed by atoms with van der Waals surface area (Å²) >= 11 is 0. The minimum Gasteiger partial charge on any atom is -0.485 e. The van der Waals surface area contributed by atoms with Crippen molar-refractivity contribution in [1.29, 1.82) is 0 Å². The SMILES string of the molecule is C=CC(=O)N1CCC(N2CC(c3cc4c(c(C)n3)OCc3c(N5CCPCC5)ccnc3N4)C2)CC1. The van der Waals surface area contributed by atoms with Crippen LogP contribution in [0.3, 0.4) is 0 Å². The number of amides is 1. The summed E-state index contributed by atoms with van der Waals surface area (Å²) in [6, 6.07) is 4.84. The summed E-state index contributed by atoms with van der Waals surface area (Å²) in [5.41, 5.74) is 5.39. The van der Waals surface area contributed by atoms with Gasteiger partial charge in [-0.1, -0.05) is 6.58 Å². The molecular weight excluding hydrogens is 471 g/mol. The highest BCUT2D eigenvalue weighted by Gasteiger charge is 2.37. The van der Waals surface area contributed by atoms with Gasteiger partial charge >= 0.3 is 0 Å². The Kier molecular flexibility index (Phi) is 6.57. The summed E-state index contributed by atoms with van der Waals surface area (Å²) in [5, 5.41) is 3.60. The third-order valence-corrected chi connectivity index (χ3v) is 9.21. The van der Waals surface area contributed by atoms with Crippen LogP contribution in [0.25, 0.3) is 0 Å². The van der Waals surface area contributed by atoms with Crippen LogP contribution in [0.4, 0.5) is 17.2 Å². The Morgan fingerprint density at radius 2 is 2.00 bits per heavy atom. The molecule has 0 radical (unpaired) electrons. The van der Waals surface area contributed by atoms with E-state index in [4.69, 9.17) is 14.7 Å². The number of piperidine rings is 1. The lowest BCUT2D eigenvalue weighted by Crippen LogP contribution is -2.54. The van der Waals surface area contributed by atoms with E-state index in [1.165, 1.54) is 24.1 Å². The molecular formula is C27H35N6O2P. The predicted molar refractivity (Wildman–Crippen MR) is 145 cm³/mol. The van der Waals surface area contributed by atoms with Crippen molar-refractivity contribution < 1.29 is 9.53 Å². The van der Waals surface area contributed by atoms with Gasteiger partial charge in [0.05, 0.1) is 16.9 Å². The van der Waals surface area contributed by atoms with E-state index in [0.29, 0.717) is 18.6 Å². The van der Waals surface area contributed by atoms with Crippen LogP contribution < -0.4 is 15.0 Å². The molecule has 190 valence electrons. The highest BCUT2D eigenvalue weighted by molar-refractivity contribution is 7.38. The number of ether oxygens (including phenoxy) is 1. The number of rotatable bonds is 4. The molecule has 2 aromatic rings. The van der Waals surface area contributed by atoms with Gasteiger partial charge < -0.3 is 19.9 Å². The van der Waals surface area contributed by atoms with E-state index < -0.39 is 0 Å². The van der Waals surface area contributed by atoms with Crippen molar-refractivity contribution in [3.63, 3.8) is 0 Å². The Balaban J connectivity index is 1.15. The second-order valence-corrected chi connectivity index (χ2v) is 11.7. The number of hydrogen-bond donors (Lipinski definition) is 1. The van der Waals surface area contributed by atoms with Gasteiger partial charge in [-0.2, -0.15) is 0 Å². The summed E-state index contributed by atoms with van der Waals surface area (Å²) in [6.07, 6.45) is 7.93. The molecule has 4 aliphatic heterocycles. The fraction of sp³-hybridized carbons (Fsp3) is 0.519. The van der Waals surface area contributed by atoms with Gasteiger partial charge in [0.15, 0.2) is 5.75 Å². The first-order valence-electron chi connectivity index (χ1n) is 13.1. The molecule has 9 heteroatoms. The summed E-state index contributed by atoms with van der Waals surface area (Å²) < 4.78 is 6.34. The zero-order chi connectivity index (χ0) is 24.6. The lowest BCUT2D eigenvalue weighted by molar-refractivity contribution is -0.127. The minimum absolute atomic E-state index is 0.0498. The first kappa shape index (κ1) is 23.7. The molecule has 6 rings (SSSR count). The maximum Gasteiger partial charge on any atom is 0.245 e. The van der Waals surface area contributed by atoms with Gasteiger partial charge in [-0.3, -0.25) is 14.7 Å². The van der Waals surface area contributed by atoms with Gasteiger partial charge in [-0.25, -0.2) is 4.98 Å². The number of nitrogens with zero attached hydrogens (tertiary/aromatic N) is 5. The molecule has 1 amide bonds. The molecule has 3 saturated heterocycles. The molecule has 0 atom stereocenters. The van der Waals surface area contributed by atoms with E-state index in [9.17, 15) is 4.79 Å². The maximum absolute atomic E-state index is 11.9. The Bertz CT molecular complexity index is 1150. The van der Waals surface area contributed by atoms with Gasteiger partial charge in [0.1, 0.15) is 12.4 Å². The number of aryl methyl sites for hydroxylation is 1. The Morgan fingerprint density at radius 3 is 2.75 bits per heavy atom. The largest absolute Gasteiger partial charge is 0.485 e. The quantitative estimate of drug-likeness (QED) is 0.503. The third-order valence-electron chi connectivity index (χ3n) is 8.06. The number of nitrogens with one attached hydrogen (secondary N) is 1. The average molecular weight is 507 g/mol. The van der Waals surface area contributed by atoms with Crippen LogP contribution in [-0.2, 0) is 11.4 Å². The molecule has 8 nitrogen and oxygen atoms in total. The zero-order valence-electron chi connectivity index (χ0n) is 21.0. The number of aromatic nitrogens is 2. The standard InChI is InChI=1S/C27H35N6O2P/c1-3-25(34)32-8-5-20(6-9-32)33-15-19(16-33)22-14-23-26(18(2)29-22)35-17-21-24(4-7-28-27(21)30-23)31-10-12-36-13-11-31/h3-4,7,14,19-20,36H,1,5-6,8-13,15-17H2,2H3,(H,28,30). The van der Waals surface area contributed by atoms with Gasteiger partial charge in [-0.05, 0) is 50.3 Å². The fourth-order valence-corrected chi connectivity index (χ4v) is 7.06. The van der Waals surface area contributed by atoms with Crippen molar-refractivity contribution in [2.45, 2.75) is 38.3 Å². The van der Waals surface area contributed by atoms with Gasteiger partial charge in [0.25, 0.3) is 0 Å². The fourth-order valence-electron chi connectivity index (χ4n) is 5.95. The monoisotopic (exact) mass is 506 g/mol. The normalized spacial score (nSPS) is 20.9.